The van der Waals surface area contributed by atoms with Crippen LogP contribution in [0.25, 0.3) is 0 Å². The fraction of sp³-hybridized carbons (Fsp3) is 0.368. The Hall–Kier alpha value is -1.80. The van der Waals surface area contributed by atoms with Crippen LogP contribution in [0.4, 0.5) is 5.69 Å². The number of nitrogens with zero attached hydrogens (tertiary/aromatic N) is 1. The highest BCUT2D eigenvalue weighted by Gasteiger charge is 2.31. The Morgan fingerprint density at radius 1 is 1.05 bits per heavy atom. The second-order valence-electron chi connectivity index (χ2n) is 6.23. The Morgan fingerprint density at radius 3 is 2.62 bits per heavy atom. The molecule has 2 nitrogen and oxygen atoms in total. The molecule has 0 spiro atoms. The van der Waals surface area contributed by atoms with E-state index in [9.17, 15) is 0 Å². The number of anilines is 1. The van der Waals surface area contributed by atoms with Crippen molar-refractivity contribution in [3.05, 3.63) is 65.2 Å². The van der Waals surface area contributed by atoms with Gasteiger partial charge in [0.05, 0.1) is 6.04 Å². The third-order valence-corrected chi connectivity index (χ3v) is 4.89. The first-order valence-electron chi connectivity index (χ1n) is 8.02. The number of benzene rings is 2. The van der Waals surface area contributed by atoms with Crippen molar-refractivity contribution in [2.75, 3.05) is 18.0 Å². The highest BCUT2D eigenvalue weighted by molar-refractivity contribution is 5.60. The van der Waals surface area contributed by atoms with Gasteiger partial charge in [0.25, 0.3) is 0 Å². The van der Waals surface area contributed by atoms with Gasteiger partial charge in [-0.3, -0.25) is 0 Å². The predicted molar refractivity (Wildman–Crippen MR) is 87.7 cm³/mol. The lowest BCUT2D eigenvalue weighted by atomic mass is 9.96. The first-order chi connectivity index (χ1) is 10.4. The Morgan fingerprint density at radius 2 is 1.81 bits per heavy atom. The van der Waals surface area contributed by atoms with Gasteiger partial charge in [-0.25, -0.2) is 0 Å². The quantitative estimate of drug-likeness (QED) is 0.925. The molecule has 1 aliphatic heterocycles. The number of nitrogens with two attached hydrogens (primary N) is 1. The Bertz CT molecular complexity index is 646. The summed E-state index contributed by atoms with van der Waals surface area (Å²) in [5.74, 6) is 0.771. The topological polar surface area (TPSA) is 29.3 Å². The summed E-state index contributed by atoms with van der Waals surface area (Å²) < 4.78 is 0. The zero-order valence-corrected chi connectivity index (χ0v) is 12.3. The minimum atomic E-state index is 0.311. The molecule has 0 bridgehead atoms. The number of hydrogen-bond acceptors (Lipinski definition) is 2. The monoisotopic (exact) mass is 278 g/mol. The maximum Gasteiger partial charge on any atom is 0.0667 e. The van der Waals surface area contributed by atoms with Gasteiger partial charge in [-0.05, 0) is 47.9 Å². The van der Waals surface area contributed by atoms with E-state index in [0.717, 1.165) is 18.9 Å². The summed E-state index contributed by atoms with van der Waals surface area (Å²) in [7, 11) is 0. The van der Waals surface area contributed by atoms with Crippen molar-refractivity contribution in [2.24, 2.45) is 5.73 Å². The summed E-state index contributed by atoms with van der Waals surface area (Å²) in [6.07, 6.45) is 3.81. The van der Waals surface area contributed by atoms with E-state index in [2.05, 4.69) is 53.4 Å². The van der Waals surface area contributed by atoms with Crippen molar-refractivity contribution in [3.8, 4) is 0 Å². The lowest BCUT2D eigenvalue weighted by molar-refractivity contribution is 0.642. The van der Waals surface area contributed by atoms with E-state index in [1.54, 1.807) is 0 Å². The van der Waals surface area contributed by atoms with E-state index < -0.39 is 0 Å². The van der Waals surface area contributed by atoms with E-state index in [1.165, 1.54) is 35.2 Å². The smallest absolute Gasteiger partial charge is 0.0667 e. The molecular formula is C19H22N2. The second kappa shape index (κ2) is 5.19. The van der Waals surface area contributed by atoms with Crippen molar-refractivity contribution >= 4 is 5.69 Å². The molecule has 0 saturated heterocycles. The number of fused-ring (bicyclic) bond motifs is 1. The molecule has 1 fully saturated rings. The molecule has 1 aliphatic carbocycles. The summed E-state index contributed by atoms with van der Waals surface area (Å²) in [6.45, 7) is 1.76. The van der Waals surface area contributed by atoms with E-state index in [1.807, 2.05) is 0 Å². The van der Waals surface area contributed by atoms with Crippen molar-refractivity contribution < 1.29 is 0 Å². The maximum absolute atomic E-state index is 6.19. The summed E-state index contributed by atoms with van der Waals surface area (Å²) in [4.78, 5) is 2.51. The average molecular weight is 278 g/mol. The van der Waals surface area contributed by atoms with Crippen LogP contribution in [-0.2, 0) is 6.42 Å². The lowest BCUT2D eigenvalue weighted by Gasteiger charge is -2.31. The van der Waals surface area contributed by atoms with Crippen LogP contribution in [0.15, 0.2) is 48.5 Å². The van der Waals surface area contributed by atoms with Gasteiger partial charge in [0.1, 0.15) is 0 Å². The van der Waals surface area contributed by atoms with Crippen molar-refractivity contribution in [3.63, 3.8) is 0 Å². The molecule has 0 radical (unpaired) electrons. The van der Waals surface area contributed by atoms with Gasteiger partial charge in [-0.15, -0.1) is 0 Å². The third-order valence-electron chi connectivity index (χ3n) is 4.89. The van der Waals surface area contributed by atoms with Crippen LogP contribution < -0.4 is 10.6 Å². The molecule has 2 aromatic carbocycles. The van der Waals surface area contributed by atoms with Crippen LogP contribution in [0.3, 0.4) is 0 Å². The third kappa shape index (κ3) is 2.24. The minimum Gasteiger partial charge on any atom is -0.363 e. The normalized spacial score (nSPS) is 18.6. The molecule has 2 heteroatoms. The van der Waals surface area contributed by atoms with Crippen molar-refractivity contribution in [2.45, 2.75) is 31.2 Å². The molecule has 1 saturated carbocycles. The van der Waals surface area contributed by atoms with Gasteiger partial charge >= 0.3 is 0 Å². The van der Waals surface area contributed by atoms with Gasteiger partial charge in [0, 0.05) is 18.8 Å². The zero-order valence-electron chi connectivity index (χ0n) is 12.3. The van der Waals surface area contributed by atoms with Gasteiger partial charge in [-0.1, -0.05) is 42.5 Å². The van der Waals surface area contributed by atoms with Crippen LogP contribution in [0.5, 0.6) is 0 Å². The first-order valence-corrected chi connectivity index (χ1v) is 8.02. The Labute approximate surface area is 126 Å². The summed E-state index contributed by atoms with van der Waals surface area (Å²) >= 11 is 0. The second-order valence-corrected chi connectivity index (χ2v) is 6.23. The Balaban J connectivity index is 1.73. The van der Waals surface area contributed by atoms with Gasteiger partial charge in [-0.2, -0.15) is 0 Å². The maximum atomic E-state index is 6.19. The van der Waals surface area contributed by atoms with Crippen molar-refractivity contribution in [1.29, 1.82) is 0 Å². The molecule has 2 aromatic rings. The molecule has 1 unspecified atom stereocenters. The van der Waals surface area contributed by atoms with Gasteiger partial charge in [0.15, 0.2) is 0 Å². The zero-order chi connectivity index (χ0) is 14.2. The van der Waals surface area contributed by atoms with Gasteiger partial charge in [0.2, 0.25) is 0 Å². The van der Waals surface area contributed by atoms with Crippen LogP contribution >= 0.6 is 0 Å². The standard InChI is InChI=1S/C19H22N2/c20-13-19(17-7-3-2-6-16(17)14-9-10-14)21-12-11-15-5-1-4-8-18(15)21/h1-8,14,19H,9-13,20H2. The highest BCUT2D eigenvalue weighted by atomic mass is 15.2. The molecule has 1 atom stereocenters. The fourth-order valence-corrected chi connectivity index (χ4v) is 3.69. The van der Waals surface area contributed by atoms with Gasteiger partial charge < -0.3 is 10.6 Å². The van der Waals surface area contributed by atoms with E-state index in [0.29, 0.717) is 12.6 Å². The van der Waals surface area contributed by atoms with Crippen LogP contribution in [-0.4, -0.2) is 13.1 Å². The molecule has 1 heterocycles. The minimum absolute atomic E-state index is 0.311. The molecule has 0 aromatic heterocycles. The molecule has 0 amide bonds. The summed E-state index contributed by atoms with van der Waals surface area (Å²) in [5, 5.41) is 0. The van der Waals surface area contributed by atoms with E-state index >= 15 is 0 Å². The average Bonchev–Trinajstić information content (AvgIpc) is 3.30. The molecule has 4 rings (SSSR count). The lowest BCUT2D eigenvalue weighted by Crippen LogP contribution is -2.33. The summed E-state index contributed by atoms with van der Waals surface area (Å²) in [6, 6.07) is 18.0. The highest BCUT2D eigenvalue weighted by Crippen LogP contribution is 2.44. The molecule has 108 valence electrons. The predicted octanol–water partition coefficient (Wildman–Crippen LogP) is 3.63. The first kappa shape index (κ1) is 12.9. The summed E-state index contributed by atoms with van der Waals surface area (Å²) in [5.41, 5.74) is 12.0. The molecular weight excluding hydrogens is 256 g/mol. The van der Waals surface area contributed by atoms with E-state index in [-0.39, 0.29) is 0 Å². The van der Waals surface area contributed by atoms with Crippen molar-refractivity contribution in [1.82, 2.24) is 0 Å². The van der Waals surface area contributed by atoms with Crippen LogP contribution in [0.1, 0.15) is 41.5 Å². The fourth-order valence-electron chi connectivity index (χ4n) is 3.69. The van der Waals surface area contributed by atoms with Crippen LogP contribution in [0, 0.1) is 0 Å². The largest absolute Gasteiger partial charge is 0.363 e. The molecule has 2 aliphatic rings. The number of hydrogen-bond donors (Lipinski definition) is 1. The molecule has 21 heavy (non-hydrogen) atoms. The Kier molecular flexibility index (Phi) is 3.19. The number of rotatable bonds is 4. The van der Waals surface area contributed by atoms with E-state index in [4.69, 9.17) is 5.73 Å². The van der Waals surface area contributed by atoms with Crippen LogP contribution in [0.2, 0.25) is 0 Å². The number of para-hydroxylation sites is 1. The molecule has 2 N–H and O–H groups in total. The SMILES string of the molecule is NCC(c1ccccc1C1CC1)N1CCc2ccccc21.